The molecule has 1 aromatic rings. The number of hydrogen-bond donors (Lipinski definition) is 1. The molecule has 21 heavy (non-hydrogen) atoms. The van der Waals surface area contributed by atoms with Gasteiger partial charge in [-0.2, -0.15) is 0 Å². The Morgan fingerprint density at radius 2 is 1.95 bits per heavy atom. The van der Waals surface area contributed by atoms with Gasteiger partial charge in [-0.3, -0.25) is 4.79 Å². The molecule has 0 aliphatic rings. The SMILES string of the molecule is C#CCN(CCC)C(=O)c1cc(F)c(F)cc1S(N)(=O)=O. The first-order chi connectivity index (χ1) is 9.72. The molecule has 0 aliphatic carbocycles. The minimum atomic E-state index is -4.39. The predicted octanol–water partition coefficient (Wildman–Crippen LogP) is 1.10. The van der Waals surface area contributed by atoms with E-state index in [-0.39, 0.29) is 13.1 Å². The zero-order valence-corrected chi connectivity index (χ0v) is 12.1. The van der Waals surface area contributed by atoms with Crippen LogP contribution in [0.1, 0.15) is 23.7 Å². The molecular weight excluding hydrogens is 302 g/mol. The highest BCUT2D eigenvalue weighted by atomic mass is 32.2. The van der Waals surface area contributed by atoms with Gasteiger partial charge in [-0.25, -0.2) is 22.3 Å². The number of sulfonamides is 1. The summed E-state index contributed by atoms with van der Waals surface area (Å²) in [6.45, 7) is 1.93. The fourth-order valence-corrected chi connectivity index (χ4v) is 2.45. The summed E-state index contributed by atoms with van der Waals surface area (Å²) in [5, 5.41) is 4.93. The standard InChI is InChI=1S/C13H14F2N2O3S/c1-3-5-17(6-4-2)13(18)9-7-10(14)11(15)8-12(9)21(16,19)20/h1,7-8H,4-6H2,2H3,(H2,16,19,20). The molecule has 0 aromatic heterocycles. The molecule has 1 amide bonds. The number of terminal acetylenes is 1. The molecular formula is C13H14F2N2O3S. The second kappa shape index (κ2) is 6.65. The Balaban J connectivity index is 3.44. The number of amides is 1. The molecule has 0 aliphatic heterocycles. The van der Waals surface area contributed by atoms with Crippen molar-refractivity contribution < 1.29 is 22.0 Å². The number of nitrogens with two attached hydrogens (primary N) is 1. The van der Waals surface area contributed by atoms with Crippen molar-refractivity contribution in [1.29, 1.82) is 0 Å². The monoisotopic (exact) mass is 316 g/mol. The average Bonchev–Trinajstić information content (AvgIpc) is 2.39. The van der Waals surface area contributed by atoms with Crippen LogP contribution in [0.5, 0.6) is 0 Å². The molecule has 0 atom stereocenters. The van der Waals surface area contributed by atoms with Crippen molar-refractivity contribution in [3.63, 3.8) is 0 Å². The van der Waals surface area contributed by atoms with Crippen molar-refractivity contribution in [2.45, 2.75) is 18.2 Å². The summed E-state index contributed by atoms with van der Waals surface area (Å²) < 4.78 is 49.4. The third-order valence-electron chi connectivity index (χ3n) is 2.62. The van der Waals surface area contributed by atoms with Crippen LogP contribution in [0, 0.1) is 24.0 Å². The largest absolute Gasteiger partial charge is 0.327 e. The molecule has 2 N–H and O–H groups in total. The van der Waals surface area contributed by atoms with Gasteiger partial charge < -0.3 is 4.90 Å². The molecule has 0 heterocycles. The van der Waals surface area contributed by atoms with E-state index in [1.807, 2.05) is 0 Å². The zero-order valence-electron chi connectivity index (χ0n) is 11.3. The topological polar surface area (TPSA) is 80.5 Å². The van der Waals surface area contributed by atoms with Crippen LogP contribution in [0.2, 0.25) is 0 Å². The van der Waals surface area contributed by atoms with Crippen LogP contribution < -0.4 is 5.14 Å². The summed E-state index contributed by atoms with van der Waals surface area (Å²) in [5.74, 6) is -1.33. The number of halogens is 2. The highest BCUT2D eigenvalue weighted by Crippen LogP contribution is 2.20. The number of nitrogens with zero attached hydrogens (tertiary/aromatic N) is 1. The summed E-state index contributed by atoms with van der Waals surface area (Å²) >= 11 is 0. The Kier molecular flexibility index (Phi) is 5.41. The fraction of sp³-hybridized carbons (Fsp3) is 0.308. The van der Waals surface area contributed by atoms with Gasteiger partial charge in [0.05, 0.1) is 17.0 Å². The van der Waals surface area contributed by atoms with Crippen molar-refractivity contribution in [3.05, 3.63) is 29.3 Å². The van der Waals surface area contributed by atoms with Gasteiger partial charge in [0.25, 0.3) is 5.91 Å². The smallest absolute Gasteiger partial charge is 0.256 e. The molecule has 0 bridgehead atoms. The lowest BCUT2D eigenvalue weighted by molar-refractivity contribution is 0.0772. The lowest BCUT2D eigenvalue weighted by Gasteiger charge is -2.20. The van der Waals surface area contributed by atoms with Crippen molar-refractivity contribution in [2.75, 3.05) is 13.1 Å². The summed E-state index contributed by atoms with van der Waals surface area (Å²) in [6, 6.07) is 0.897. The molecule has 0 radical (unpaired) electrons. The Hall–Kier alpha value is -1.98. The van der Waals surface area contributed by atoms with Crippen LogP contribution in [-0.4, -0.2) is 32.3 Å². The van der Waals surface area contributed by atoms with Crippen LogP contribution in [0.3, 0.4) is 0 Å². The fourth-order valence-electron chi connectivity index (χ4n) is 1.73. The molecule has 1 aromatic carbocycles. The minimum absolute atomic E-state index is 0.0876. The highest BCUT2D eigenvalue weighted by Gasteiger charge is 2.25. The van der Waals surface area contributed by atoms with Crippen molar-refractivity contribution in [1.82, 2.24) is 4.90 Å². The highest BCUT2D eigenvalue weighted by molar-refractivity contribution is 7.89. The van der Waals surface area contributed by atoms with Gasteiger partial charge in [-0.1, -0.05) is 12.8 Å². The van der Waals surface area contributed by atoms with E-state index >= 15 is 0 Å². The summed E-state index contributed by atoms with van der Waals surface area (Å²) in [6.07, 6.45) is 5.69. The Morgan fingerprint density at radius 3 is 2.43 bits per heavy atom. The lowest BCUT2D eigenvalue weighted by Crippen LogP contribution is -2.33. The second-order valence-corrected chi connectivity index (χ2v) is 5.77. The van der Waals surface area contributed by atoms with Gasteiger partial charge >= 0.3 is 0 Å². The average molecular weight is 316 g/mol. The molecule has 0 saturated heterocycles. The maximum Gasteiger partial charge on any atom is 0.256 e. The molecule has 0 spiro atoms. The first-order valence-electron chi connectivity index (χ1n) is 5.97. The number of primary sulfonamides is 1. The van der Waals surface area contributed by atoms with Crippen molar-refractivity contribution in [2.24, 2.45) is 5.14 Å². The molecule has 0 unspecified atom stereocenters. The first-order valence-corrected chi connectivity index (χ1v) is 7.51. The molecule has 5 nitrogen and oxygen atoms in total. The van der Waals surface area contributed by atoms with E-state index in [4.69, 9.17) is 11.6 Å². The molecule has 0 saturated carbocycles. The van der Waals surface area contributed by atoms with E-state index in [2.05, 4.69) is 5.92 Å². The predicted molar refractivity (Wildman–Crippen MR) is 72.8 cm³/mol. The van der Waals surface area contributed by atoms with Gasteiger partial charge in [0.1, 0.15) is 0 Å². The van der Waals surface area contributed by atoms with Crippen LogP contribution in [-0.2, 0) is 10.0 Å². The second-order valence-electron chi connectivity index (χ2n) is 4.24. The molecule has 114 valence electrons. The Morgan fingerprint density at radius 1 is 1.38 bits per heavy atom. The van der Waals surface area contributed by atoms with E-state index in [1.165, 1.54) is 0 Å². The Bertz CT molecular complexity index is 696. The summed E-state index contributed by atoms with van der Waals surface area (Å²) in [4.78, 5) is 12.7. The normalized spacial score (nSPS) is 11.0. The van der Waals surface area contributed by atoms with Crippen LogP contribution in [0.25, 0.3) is 0 Å². The van der Waals surface area contributed by atoms with E-state index < -0.39 is 38.0 Å². The minimum Gasteiger partial charge on any atom is -0.327 e. The van der Waals surface area contributed by atoms with Crippen molar-refractivity contribution in [3.8, 4) is 12.3 Å². The van der Waals surface area contributed by atoms with Crippen LogP contribution in [0.4, 0.5) is 8.78 Å². The van der Waals surface area contributed by atoms with Crippen LogP contribution >= 0.6 is 0 Å². The molecule has 0 fully saturated rings. The van der Waals surface area contributed by atoms with E-state index in [0.717, 1.165) is 4.90 Å². The van der Waals surface area contributed by atoms with Gasteiger partial charge in [-0.15, -0.1) is 6.42 Å². The molecule has 1 rings (SSSR count). The van der Waals surface area contributed by atoms with E-state index in [9.17, 15) is 22.0 Å². The maximum atomic E-state index is 13.3. The van der Waals surface area contributed by atoms with Gasteiger partial charge in [0, 0.05) is 6.54 Å². The van der Waals surface area contributed by atoms with Gasteiger partial charge in [-0.05, 0) is 18.6 Å². The number of carbonyl (C=O) groups excluding carboxylic acids is 1. The van der Waals surface area contributed by atoms with Crippen molar-refractivity contribution >= 4 is 15.9 Å². The Labute approximate surface area is 121 Å². The number of benzene rings is 1. The molecule has 8 heteroatoms. The quantitative estimate of drug-likeness (QED) is 0.826. The van der Waals surface area contributed by atoms with E-state index in [0.29, 0.717) is 18.6 Å². The third kappa shape index (κ3) is 4.00. The third-order valence-corrected chi connectivity index (χ3v) is 3.57. The summed E-state index contributed by atoms with van der Waals surface area (Å²) in [7, 11) is -4.39. The lowest BCUT2D eigenvalue weighted by atomic mass is 10.1. The van der Waals surface area contributed by atoms with Crippen LogP contribution in [0.15, 0.2) is 17.0 Å². The van der Waals surface area contributed by atoms with Gasteiger partial charge in [0.2, 0.25) is 10.0 Å². The number of rotatable bonds is 5. The van der Waals surface area contributed by atoms with Gasteiger partial charge in [0.15, 0.2) is 11.6 Å². The maximum absolute atomic E-state index is 13.3. The number of hydrogen-bond acceptors (Lipinski definition) is 3. The van der Waals surface area contributed by atoms with E-state index in [1.54, 1.807) is 6.92 Å². The zero-order chi connectivity index (χ0) is 16.2. The summed E-state index contributed by atoms with van der Waals surface area (Å²) in [5.41, 5.74) is -0.542. The first kappa shape index (κ1) is 17.1. The number of carbonyl (C=O) groups is 1.